The molecule has 0 aliphatic rings. The second kappa shape index (κ2) is 7.29. The highest BCUT2D eigenvalue weighted by molar-refractivity contribution is 5.88. The normalized spacial score (nSPS) is 10.4. The van der Waals surface area contributed by atoms with Crippen molar-refractivity contribution in [1.29, 1.82) is 0 Å². The molecule has 0 saturated carbocycles. The lowest BCUT2D eigenvalue weighted by molar-refractivity contribution is -0.117. The number of nitrogens with one attached hydrogen (secondary N) is 1. The van der Waals surface area contributed by atoms with Gasteiger partial charge in [-0.3, -0.25) is 10.1 Å². The number of hydrogen-bond donors (Lipinski definition) is 2. The van der Waals surface area contributed by atoms with Crippen molar-refractivity contribution in [3.63, 3.8) is 0 Å². The van der Waals surface area contributed by atoms with Crippen LogP contribution in [0, 0.1) is 0 Å². The molecule has 0 spiro atoms. The highest BCUT2D eigenvalue weighted by atomic mass is 16.2. The van der Waals surface area contributed by atoms with Gasteiger partial charge in [-0.15, -0.1) is 5.10 Å². The number of aromatic nitrogens is 5. The first-order valence-corrected chi connectivity index (χ1v) is 6.44. The van der Waals surface area contributed by atoms with Gasteiger partial charge in [0.2, 0.25) is 11.9 Å². The molecule has 2 aromatic heterocycles. The first-order chi connectivity index (χ1) is 9.78. The van der Waals surface area contributed by atoms with Gasteiger partial charge in [-0.05, 0) is 31.9 Å². The Labute approximate surface area is 116 Å². The van der Waals surface area contributed by atoms with Crippen LogP contribution in [0.15, 0.2) is 24.7 Å². The van der Waals surface area contributed by atoms with Crippen LogP contribution >= 0.6 is 0 Å². The van der Waals surface area contributed by atoms with Crippen molar-refractivity contribution in [2.45, 2.75) is 25.8 Å². The van der Waals surface area contributed by atoms with Crippen LogP contribution in [0.1, 0.15) is 18.5 Å². The summed E-state index contributed by atoms with van der Waals surface area (Å²) in [4.78, 5) is 19.6. The number of rotatable bonds is 7. The Morgan fingerprint density at radius 2 is 2.10 bits per heavy atom. The Bertz CT molecular complexity index is 540. The molecule has 0 saturated heterocycles. The number of amides is 1. The SMILES string of the molecule is NCCCCc1cn(CC(=O)Nc2ncccn2)nn1. The summed E-state index contributed by atoms with van der Waals surface area (Å²) < 4.78 is 1.50. The van der Waals surface area contributed by atoms with Crippen LogP contribution < -0.4 is 11.1 Å². The van der Waals surface area contributed by atoms with Crippen molar-refractivity contribution in [3.8, 4) is 0 Å². The predicted octanol–water partition coefficient (Wildman–Crippen LogP) is -0.0118. The zero-order chi connectivity index (χ0) is 14.2. The van der Waals surface area contributed by atoms with Gasteiger partial charge >= 0.3 is 0 Å². The zero-order valence-corrected chi connectivity index (χ0v) is 11.1. The minimum Gasteiger partial charge on any atom is -0.330 e. The largest absolute Gasteiger partial charge is 0.330 e. The molecule has 2 rings (SSSR count). The Morgan fingerprint density at radius 3 is 2.85 bits per heavy atom. The van der Waals surface area contributed by atoms with Crippen LogP contribution in [0.25, 0.3) is 0 Å². The van der Waals surface area contributed by atoms with Crippen molar-refractivity contribution in [2.75, 3.05) is 11.9 Å². The van der Waals surface area contributed by atoms with Gasteiger partial charge in [-0.2, -0.15) is 0 Å². The van der Waals surface area contributed by atoms with E-state index in [0.29, 0.717) is 6.54 Å². The molecular weight excluding hydrogens is 258 g/mol. The summed E-state index contributed by atoms with van der Waals surface area (Å²) in [5, 5.41) is 10.5. The lowest BCUT2D eigenvalue weighted by Gasteiger charge is -2.02. The molecule has 2 aromatic rings. The van der Waals surface area contributed by atoms with E-state index in [1.165, 1.54) is 4.68 Å². The number of carbonyl (C=O) groups is 1. The van der Waals surface area contributed by atoms with Crippen LogP contribution in [0.3, 0.4) is 0 Å². The monoisotopic (exact) mass is 275 g/mol. The summed E-state index contributed by atoms with van der Waals surface area (Å²) in [6.45, 7) is 0.760. The minimum absolute atomic E-state index is 0.0855. The highest BCUT2D eigenvalue weighted by Gasteiger charge is 2.07. The van der Waals surface area contributed by atoms with E-state index in [-0.39, 0.29) is 18.4 Å². The van der Waals surface area contributed by atoms with Crippen LogP contribution in [-0.2, 0) is 17.8 Å². The Kier molecular flexibility index (Phi) is 5.13. The molecule has 2 heterocycles. The van der Waals surface area contributed by atoms with Gasteiger partial charge in [-0.25, -0.2) is 14.6 Å². The average Bonchev–Trinajstić information content (AvgIpc) is 2.87. The molecule has 0 aliphatic heterocycles. The third-order valence-corrected chi connectivity index (χ3v) is 2.60. The molecule has 8 heteroatoms. The number of nitrogens with two attached hydrogens (primary N) is 1. The number of aryl methyl sites for hydroxylation is 1. The molecule has 0 unspecified atom stereocenters. The predicted molar refractivity (Wildman–Crippen MR) is 72.7 cm³/mol. The molecule has 0 radical (unpaired) electrons. The molecule has 0 bridgehead atoms. The summed E-state index contributed by atoms with van der Waals surface area (Å²) in [7, 11) is 0. The third kappa shape index (κ3) is 4.39. The Hall–Kier alpha value is -2.35. The highest BCUT2D eigenvalue weighted by Crippen LogP contribution is 2.01. The van der Waals surface area contributed by atoms with E-state index in [9.17, 15) is 4.79 Å². The standard InChI is InChI=1S/C12H17N7O/c13-5-2-1-4-10-8-19(18-17-10)9-11(20)16-12-14-6-3-7-15-12/h3,6-8H,1-2,4-5,9,13H2,(H,14,15,16,20). The summed E-state index contributed by atoms with van der Waals surface area (Å²) >= 11 is 0. The third-order valence-electron chi connectivity index (χ3n) is 2.60. The van der Waals surface area contributed by atoms with Gasteiger partial charge in [0, 0.05) is 18.6 Å². The second-order valence-corrected chi connectivity index (χ2v) is 4.27. The zero-order valence-electron chi connectivity index (χ0n) is 11.1. The summed E-state index contributed by atoms with van der Waals surface area (Å²) in [6, 6.07) is 1.68. The van der Waals surface area contributed by atoms with E-state index >= 15 is 0 Å². The lowest BCUT2D eigenvalue weighted by Crippen LogP contribution is -2.20. The number of nitrogens with zero attached hydrogens (tertiary/aromatic N) is 5. The molecular formula is C12H17N7O. The maximum absolute atomic E-state index is 11.8. The van der Waals surface area contributed by atoms with Gasteiger partial charge in [0.15, 0.2) is 0 Å². The topological polar surface area (TPSA) is 112 Å². The molecule has 0 fully saturated rings. The van der Waals surface area contributed by atoms with Gasteiger partial charge < -0.3 is 5.73 Å². The van der Waals surface area contributed by atoms with Crippen LogP contribution in [-0.4, -0.2) is 37.4 Å². The number of anilines is 1. The van der Waals surface area contributed by atoms with Crippen LogP contribution in [0.5, 0.6) is 0 Å². The smallest absolute Gasteiger partial charge is 0.248 e. The molecule has 20 heavy (non-hydrogen) atoms. The molecule has 1 amide bonds. The van der Waals surface area contributed by atoms with E-state index in [0.717, 1.165) is 25.0 Å². The maximum atomic E-state index is 11.8. The summed E-state index contributed by atoms with van der Waals surface area (Å²) in [5.74, 6) is 0.0374. The Balaban J connectivity index is 1.82. The van der Waals surface area contributed by atoms with Crippen molar-refractivity contribution in [3.05, 3.63) is 30.4 Å². The second-order valence-electron chi connectivity index (χ2n) is 4.27. The fraction of sp³-hybridized carbons (Fsp3) is 0.417. The van der Waals surface area contributed by atoms with Crippen LogP contribution in [0.4, 0.5) is 5.95 Å². The maximum Gasteiger partial charge on any atom is 0.248 e. The van der Waals surface area contributed by atoms with E-state index in [2.05, 4.69) is 25.6 Å². The Morgan fingerprint density at radius 1 is 1.30 bits per heavy atom. The fourth-order valence-corrected chi connectivity index (χ4v) is 1.66. The summed E-state index contributed by atoms with van der Waals surface area (Å²) in [5.41, 5.74) is 6.29. The molecule has 106 valence electrons. The number of unbranched alkanes of at least 4 members (excludes halogenated alkanes) is 1. The van der Waals surface area contributed by atoms with E-state index in [1.54, 1.807) is 24.7 Å². The number of hydrogen-bond acceptors (Lipinski definition) is 6. The molecule has 3 N–H and O–H groups in total. The van der Waals surface area contributed by atoms with Gasteiger partial charge in [-0.1, -0.05) is 5.21 Å². The fourth-order valence-electron chi connectivity index (χ4n) is 1.66. The molecule has 8 nitrogen and oxygen atoms in total. The van der Waals surface area contributed by atoms with Gasteiger partial charge in [0.05, 0.1) is 5.69 Å². The average molecular weight is 275 g/mol. The van der Waals surface area contributed by atoms with Gasteiger partial charge in [0.25, 0.3) is 0 Å². The van der Waals surface area contributed by atoms with E-state index in [1.807, 2.05) is 0 Å². The molecule has 0 atom stereocenters. The first-order valence-electron chi connectivity index (χ1n) is 6.44. The number of carbonyl (C=O) groups excluding carboxylic acids is 1. The van der Waals surface area contributed by atoms with Crippen molar-refractivity contribution >= 4 is 11.9 Å². The lowest BCUT2D eigenvalue weighted by atomic mass is 10.2. The van der Waals surface area contributed by atoms with Crippen molar-refractivity contribution < 1.29 is 4.79 Å². The summed E-state index contributed by atoms with van der Waals surface area (Å²) in [6.07, 6.45) is 7.64. The minimum atomic E-state index is -0.241. The van der Waals surface area contributed by atoms with Crippen molar-refractivity contribution in [1.82, 2.24) is 25.0 Å². The first kappa shape index (κ1) is 14.1. The van der Waals surface area contributed by atoms with E-state index < -0.39 is 0 Å². The van der Waals surface area contributed by atoms with Crippen LogP contribution in [0.2, 0.25) is 0 Å². The molecule has 0 aliphatic carbocycles. The molecule has 0 aromatic carbocycles. The van der Waals surface area contributed by atoms with Gasteiger partial charge in [0.1, 0.15) is 6.54 Å². The quantitative estimate of drug-likeness (QED) is 0.687. The van der Waals surface area contributed by atoms with E-state index in [4.69, 9.17) is 5.73 Å². The van der Waals surface area contributed by atoms with Crippen molar-refractivity contribution in [2.24, 2.45) is 5.73 Å².